The second-order valence-corrected chi connectivity index (χ2v) is 6.64. The molecule has 1 N–H and O–H groups in total. The molecule has 0 aromatic heterocycles. The minimum atomic E-state index is -0.541. The Morgan fingerprint density at radius 3 is 2.56 bits per heavy atom. The summed E-state index contributed by atoms with van der Waals surface area (Å²) >= 11 is 11.1. The number of carbonyl (C=O) groups excluding carboxylic acids is 2. The van der Waals surface area contributed by atoms with Crippen molar-refractivity contribution in [2.45, 2.75) is 13.3 Å². The third-order valence-electron chi connectivity index (χ3n) is 3.87. The number of nitrogens with zero attached hydrogens (tertiary/aromatic N) is 1. The van der Waals surface area contributed by atoms with Gasteiger partial charge < -0.3 is 4.74 Å². The van der Waals surface area contributed by atoms with Crippen molar-refractivity contribution in [1.82, 2.24) is 5.32 Å². The molecule has 3 rings (SSSR count). The zero-order valence-electron chi connectivity index (χ0n) is 14.6. The van der Waals surface area contributed by atoms with E-state index in [-0.39, 0.29) is 10.7 Å². The molecule has 0 bridgehead atoms. The Balaban J connectivity index is 1.99. The fourth-order valence-electron chi connectivity index (χ4n) is 2.58. The predicted molar refractivity (Wildman–Crippen MR) is 110 cm³/mol. The van der Waals surface area contributed by atoms with Crippen molar-refractivity contribution in [3.05, 3.63) is 64.7 Å². The van der Waals surface area contributed by atoms with Gasteiger partial charge in [-0.05, 0) is 55.0 Å². The lowest BCUT2D eigenvalue weighted by atomic mass is 10.1. The van der Waals surface area contributed by atoms with Gasteiger partial charge in [-0.2, -0.15) is 0 Å². The van der Waals surface area contributed by atoms with Gasteiger partial charge in [0.15, 0.2) is 5.11 Å². The van der Waals surface area contributed by atoms with Gasteiger partial charge >= 0.3 is 0 Å². The van der Waals surface area contributed by atoms with E-state index >= 15 is 0 Å². The molecule has 1 aliphatic rings. The van der Waals surface area contributed by atoms with E-state index in [9.17, 15) is 9.59 Å². The molecule has 1 aliphatic heterocycles. The zero-order chi connectivity index (χ0) is 19.4. The summed E-state index contributed by atoms with van der Waals surface area (Å²) in [5, 5.41) is 3.13. The summed E-state index contributed by atoms with van der Waals surface area (Å²) in [5.74, 6) is -0.435. The Bertz CT molecular complexity index is 925. The molecule has 2 aromatic carbocycles. The molecule has 0 radical (unpaired) electrons. The van der Waals surface area contributed by atoms with Crippen molar-refractivity contribution in [3.8, 4) is 5.75 Å². The van der Waals surface area contributed by atoms with E-state index in [0.717, 1.165) is 6.42 Å². The number of carbonyl (C=O) groups is 2. The summed E-state index contributed by atoms with van der Waals surface area (Å²) in [4.78, 5) is 26.7. The summed E-state index contributed by atoms with van der Waals surface area (Å²) < 4.78 is 5.70. The maximum absolute atomic E-state index is 13.0. The highest BCUT2D eigenvalue weighted by Crippen LogP contribution is 2.26. The average Bonchev–Trinajstić information content (AvgIpc) is 2.65. The maximum Gasteiger partial charge on any atom is 0.270 e. The number of anilines is 1. The summed E-state index contributed by atoms with van der Waals surface area (Å²) in [6.45, 7) is 2.55. The van der Waals surface area contributed by atoms with Crippen LogP contribution in [0.3, 0.4) is 0 Å². The number of para-hydroxylation sites is 1. The molecule has 0 aliphatic carbocycles. The third kappa shape index (κ3) is 4.18. The van der Waals surface area contributed by atoms with E-state index in [1.165, 1.54) is 11.0 Å². The van der Waals surface area contributed by atoms with Gasteiger partial charge in [0.25, 0.3) is 11.8 Å². The first-order chi connectivity index (χ1) is 13.0. The van der Waals surface area contributed by atoms with Crippen LogP contribution in [0.1, 0.15) is 18.9 Å². The highest BCUT2D eigenvalue weighted by molar-refractivity contribution is 7.80. The van der Waals surface area contributed by atoms with Crippen molar-refractivity contribution in [2.75, 3.05) is 11.5 Å². The van der Waals surface area contributed by atoms with Crippen LogP contribution in [0.15, 0.2) is 54.1 Å². The Hall–Kier alpha value is -2.70. The molecule has 27 heavy (non-hydrogen) atoms. The molecular formula is C20H17ClN2O3S. The third-order valence-corrected chi connectivity index (χ3v) is 4.40. The lowest BCUT2D eigenvalue weighted by Gasteiger charge is -2.29. The summed E-state index contributed by atoms with van der Waals surface area (Å²) in [5.41, 5.74) is 1.15. The van der Waals surface area contributed by atoms with Crippen LogP contribution in [0.5, 0.6) is 5.75 Å². The van der Waals surface area contributed by atoms with Crippen LogP contribution in [0.2, 0.25) is 5.02 Å². The molecule has 0 unspecified atom stereocenters. The highest BCUT2D eigenvalue weighted by atomic mass is 35.5. The minimum absolute atomic E-state index is 0.0221. The first-order valence-corrected chi connectivity index (χ1v) is 9.18. The van der Waals surface area contributed by atoms with Gasteiger partial charge in [0.1, 0.15) is 11.3 Å². The van der Waals surface area contributed by atoms with Crippen LogP contribution in [-0.4, -0.2) is 23.5 Å². The second kappa shape index (κ2) is 8.33. The number of ether oxygens (including phenoxy) is 1. The number of nitrogens with one attached hydrogen (secondary N) is 1. The molecule has 0 spiro atoms. The smallest absolute Gasteiger partial charge is 0.270 e. The summed E-state index contributed by atoms with van der Waals surface area (Å²) in [7, 11) is 0. The molecule has 0 saturated carbocycles. The van der Waals surface area contributed by atoms with Crippen LogP contribution < -0.4 is 15.0 Å². The molecular weight excluding hydrogens is 384 g/mol. The average molecular weight is 401 g/mol. The number of benzene rings is 2. The highest BCUT2D eigenvalue weighted by Gasteiger charge is 2.34. The van der Waals surface area contributed by atoms with Crippen LogP contribution in [0.25, 0.3) is 6.08 Å². The SMILES string of the molecule is CCCOc1ccccc1/C=C1/C(=O)NC(=S)N(c2ccc(Cl)cc2)C1=O. The Labute approximate surface area is 167 Å². The molecule has 2 amide bonds. The molecule has 1 saturated heterocycles. The van der Waals surface area contributed by atoms with Crippen LogP contribution in [0.4, 0.5) is 5.69 Å². The number of halogens is 1. The van der Waals surface area contributed by atoms with Crippen molar-refractivity contribution in [2.24, 2.45) is 0 Å². The number of rotatable bonds is 5. The van der Waals surface area contributed by atoms with Crippen molar-refractivity contribution < 1.29 is 14.3 Å². The minimum Gasteiger partial charge on any atom is -0.493 e. The van der Waals surface area contributed by atoms with Gasteiger partial charge in [0.05, 0.1) is 12.3 Å². The number of hydrogen-bond donors (Lipinski definition) is 1. The molecule has 2 aromatic rings. The molecule has 7 heteroatoms. The van der Waals surface area contributed by atoms with E-state index in [1.54, 1.807) is 36.4 Å². The monoisotopic (exact) mass is 400 g/mol. The first kappa shape index (κ1) is 19.1. The quantitative estimate of drug-likeness (QED) is 0.469. The number of amides is 2. The lowest BCUT2D eigenvalue weighted by Crippen LogP contribution is -2.54. The molecule has 138 valence electrons. The van der Waals surface area contributed by atoms with Crippen LogP contribution >= 0.6 is 23.8 Å². The Morgan fingerprint density at radius 1 is 1.15 bits per heavy atom. The van der Waals surface area contributed by atoms with Gasteiger partial charge in [-0.3, -0.25) is 19.8 Å². The van der Waals surface area contributed by atoms with Gasteiger partial charge in [-0.25, -0.2) is 0 Å². The summed E-state index contributed by atoms with van der Waals surface area (Å²) in [6, 6.07) is 13.9. The van der Waals surface area contributed by atoms with Crippen LogP contribution in [-0.2, 0) is 9.59 Å². The van der Waals surface area contributed by atoms with Gasteiger partial charge in [0.2, 0.25) is 0 Å². The Morgan fingerprint density at radius 2 is 1.85 bits per heavy atom. The van der Waals surface area contributed by atoms with Crippen molar-refractivity contribution in [3.63, 3.8) is 0 Å². The van der Waals surface area contributed by atoms with Crippen molar-refractivity contribution in [1.29, 1.82) is 0 Å². The largest absolute Gasteiger partial charge is 0.493 e. The van der Waals surface area contributed by atoms with Gasteiger partial charge in [-0.15, -0.1) is 0 Å². The molecule has 0 atom stereocenters. The van der Waals surface area contributed by atoms with E-state index in [0.29, 0.717) is 28.6 Å². The van der Waals surface area contributed by atoms with E-state index in [2.05, 4.69) is 5.32 Å². The number of thiocarbonyl (C=S) groups is 1. The topological polar surface area (TPSA) is 58.6 Å². The molecule has 1 fully saturated rings. The summed E-state index contributed by atoms with van der Waals surface area (Å²) in [6.07, 6.45) is 2.37. The normalized spacial score (nSPS) is 15.9. The zero-order valence-corrected chi connectivity index (χ0v) is 16.1. The van der Waals surface area contributed by atoms with Crippen molar-refractivity contribution >= 4 is 52.5 Å². The lowest BCUT2D eigenvalue weighted by molar-refractivity contribution is -0.122. The van der Waals surface area contributed by atoms with Crippen LogP contribution in [0, 0.1) is 0 Å². The predicted octanol–water partition coefficient (Wildman–Crippen LogP) is 3.96. The maximum atomic E-state index is 13.0. The number of hydrogen-bond acceptors (Lipinski definition) is 4. The van der Waals surface area contributed by atoms with E-state index < -0.39 is 11.8 Å². The first-order valence-electron chi connectivity index (χ1n) is 8.40. The second-order valence-electron chi connectivity index (χ2n) is 5.82. The fourth-order valence-corrected chi connectivity index (χ4v) is 2.99. The molecule has 5 nitrogen and oxygen atoms in total. The van der Waals surface area contributed by atoms with Gasteiger partial charge in [0, 0.05) is 10.6 Å². The Kier molecular flexibility index (Phi) is 5.88. The standard InChI is InChI=1S/C20H17ClN2O3S/c1-2-11-26-17-6-4-3-5-13(17)12-16-18(24)22-20(27)23(19(16)25)15-9-7-14(21)8-10-15/h3-10,12H,2,11H2,1H3,(H,22,24,27)/b16-12-. The fraction of sp³-hybridized carbons (Fsp3) is 0.150. The van der Waals surface area contributed by atoms with Gasteiger partial charge in [-0.1, -0.05) is 36.7 Å². The van der Waals surface area contributed by atoms with E-state index in [4.69, 9.17) is 28.6 Å². The molecule has 1 heterocycles. The van der Waals surface area contributed by atoms with E-state index in [1.807, 2.05) is 19.1 Å².